The fraction of sp³-hybridized carbons (Fsp3) is 0.902. The second kappa shape index (κ2) is 43.1. The van der Waals surface area contributed by atoms with Crippen LogP contribution in [-0.4, -0.2) is 67.8 Å². The van der Waals surface area contributed by atoms with Gasteiger partial charge in [0, 0.05) is 18.4 Å². The van der Waals surface area contributed by atoms with Crippen molar-refractivity contribution in [2.24, 2.45) is 5.92 Å². The van der Waals surface area contributed by atoms with Gasteiger partial charge in [-0.2, -0.15) is 0 Å². The number of hydrogen-bond acceptors (Lipinski definition) is 7. The van der Waals surface area contributed by atoms with E-state index in [-0.39, 0.29) is 55.9 Å². The van der Waals surface area contributed by atoms with Gasteiger partial charge in [0.2, 0.25) is 7.28 Å². The molecule has 297 valence electrons. The second-order valence-corrected chi connectivity index (χ2v) is 12.3. The molecule has 1 fully saturated rings. The minimum absolute atomic E-state index is 0.00765. The summed E-state index contributed by atoms with van der Waals surface area (Å²) < 4.78 is 16.4. The Hall–Kier alpha value is -2.06. The molecule has 0 aromatic carbocycles. The predicted molar refractivity (Wildman–Crippen MR) is 213 cm³/mol. The van der Waals surface area contributed by atoms with Crippen LogP contribution in [0.2, 0.25) is 6.32 Å². The maximum Gasteiger partial charge on any atom is 0.306 e. The quantitative estimate of drug-likeness (QED) is 0.0402. The first kappa shape index (κ1) is 54.7. The van der Waals surface area contributed by atoms with Crippen molar-refractivity contribution >= 4 is 31.0 Å². The number of amides is 1. The Bertz CT molecular complexity index is 765. The zero-order valence-corrected chi connectivity index (χ0v) is 35.2. The normalized spacial score (nSPS) is 14.6. The molecule has 1 aliphatic rings. The molecule has 0 aromatic rings. The first-order valence-electron chi connectivity index (χ1n) is 20.9. The summed E-state index contributed by atoms with van der Waals surface area (Å²) in [5.41, 5.74) is 0. The van der Waals surface area contributed by atoms with Gasteiger partial charge in [-0.05, 0) is 26.2 Å². The van der Waals surface area contributed by atoms with Gasteiger partial charge in [0.25, 0.3) is 0 Å². The number of carbonyl (C=O) groups is 4. The summed E-state index contributed by atoms with van der Waals surface area (Å²) in [4.78, 5) is 51.7. The van der Waals surface area contributed by atoms with Gasteiger partial charge in [-0.15, -0.1) is 0 Å². The molecular formula is C41H83BNO7. The Morgan fingerprint density at radius 1 is 0.640 bits per heavy atom. The van der Waals surface area contributed by atoms with E-state index < -0.39 is 11.9 Å². The van der Waals surface area contributed by atoms with Crippen LogP contribution >= 0.6 is 0 Å². The first-order valence-corrected chi connectivity index (χ1v) is 20.9. The predicted octanol–water partition coefficient (Wildman–Crippen LogP) is 11.7. The summed E-state index contributed by atoms with van der Waals surface area (Å²) in [6.07, 6.45) is 17.0. The molecule has 3 unspecified atom stereocenters. The van der Waals surface area contributed by atoms with E-state index >= 15 is 0 Å². The highest BCUT2D eigenvalue weighted by atomic mass is 16.5. The zero-order valence-electron chi connectivity index (χ0n) is 35.2. The third-order valence-corrected chi connectivity index (χ3v) is 7.67. The Morgan fingerprint density at radius 3 is 1.62 bits per heavy atom. The van der Waals surface area contributed by atoms with Crippen LogP contribution in [0.25, 0.3) is 0 Å². The number of unbranched alkanes of at least 4 members (excludes halogenated alkanes) is 10. The van der Waals surface area contributed by atoms with Crippen LogP contribution in [-0.2, 0) is 28.6 Å². The highest BCUT2D eigenvalue weighted by Crippen LogP contribution is 2.26. The largest absolute Gasteiger partial charge is 0.466 e. The van der Waals surface area contributed by atoms with Crippen molar-refractivity contribution < 1.29 is 33.4 Å². The van der Waals surface area contributed by atoms with Crippen LogP contribution < -0.4 is 0 Å². The Kier molecular flexibility index (Phi) is 47.2. The number of hydrogen-bond donors (Lipinski definition) is 0. The van der Waals surface area contributed by atoms with Crippen molar-refractivity contribution in [1.82, 2.24) is 4.90 Å². The van der Waals surface area contributed by atoms with Gasteiger partial charge in [-0.3, -0.25) is 19.2 Å². The molecule has 1 heterocycles. The Morgan fingerprint density at radius 2 is 1.12 bits per heavy atom. The average Bonchev–Trinajstić information content (AvgIpc) is 3.12. The smallest absolute Gasteiger partial charge is 0.306 e. The maximum atomic E-state index is 12.7. The van der Waals surface area contributed by atoms with Gasteiger partial charge >= 0.3 is 17.9 Å². The van der Waals surface area contributed by atoms with E-state index in [1.165, 1.54) is 44.9 Å². The minimum atomic E-state index is -0.510. The molecule has 0 N–H and O–H groups in total. The zero-order chi connectivity index (χ0) is 39.0. The van der Waals surface area contributed by atoms with Crippen molar-refractivity contribution in [3.8, 4) is 0 Å². The fourth-order valence-electron chi connectivity index (χ4n) is 5.13. The molecule has 1 rings (SSSR count). The summed E-state index contributed by atoms with van der Waals surface area (Å²) in [6, 6.07) is -0.00928. The van der Waals surface area contributed by atoms with E-state index in [4.69, 9.17) is 14.2 Å². The maximum absolute atomic E-state index is 12.7. The molecule has 0 saturated carbocycles. The SMILES string of the molecule is CC.CC.CC.CCC.CCC[B]C(=O)N1C(C)CC1COC(=O)CC(COC(=O)CCCCCCCC)CC(=O)OCCCCCCCC. The Balaban J connectivity index is -0.00000107. The highest BCUT2D eigenvalue weighted by Gasteiger charge is 2.39. The highest BCUT2D eigenvalue weighted by molar-refractivity contribution is 6.73. The minimum Gasteiger partial charge on any atom is -0.466 e. The summed E-state index contributed by atoms with van der Waals surface area (Å²) in [5.74, 6) is -1.69. The molecule has 0 aliphatic carbocycles. The average molecular weight is 713 g/mol. The van der Waals surface area contributed by atoms with Crippen molar-refractivity contribution in [1.29, 1.82) is 0 Å². The molecule has 1 radical (unpaired) electrons. The van der Waals surface area contributed by atoms with Gasteiger partial charge in [0.05, 0.1) is 32.1 Å². The van der Waals surface area contributed by atoms with E-state index in [2.05, 4.69) is 27.7 Å². The van der Waals surface area contributed by atoms with Crippen LogP contribution in [0.1, 0.15) is 199 Å². The molecule has 1 aliphatic heterocycles. The van der Waals surface area contributed by atoms with Crippen molar-refractivity contribution in [3.63, 3.8) is 0 Å². The third kappa shape index (κ3) is 33.1. The molecule has 1 amide bonds. The van der Waals surface area contributed by atoms with Crippen molar-refractivity contribution in [2.45, 2.75) is 217 Å². The van der Waals surface area contributed by atoms with Crippen molar-refractivity contribution in [2.75, 3.05) is 19.8 Å². The number of ether oxygens (including phenoxy) is 3. The molecule has 1 saturated heterocycles. The van der Waals surface area contributed by atoms with Crippen LogP contribution in [0, 0.1) is 5.92 Å². The standard InChI is InChI=1S/C32H57BNO7.C3H8.3C2H6/c1-5-8-10-12-14-16-18-29(35)40-24-27(22-30(36)39-20-17-15-13-11-9-6-2)23-31(37)41-25-28-21-26(4)34(28)32(38)33-19-7-3;1-3-2;3*1-2/h26-28H,5-25H2,1-4H3;3H2,1-2H3;3*1-2H3. The lowest BCUT2D eigenvalue weighted by molar-refractivity contribution is -0.154. The van der Waals surface area contributed by atoms with E-state index in [0.29, 0.717) is 13.0 Å². The van der Waals surface area contributed by atoms with Gasteiger partial charge in [0.1, 0.15) is 6.61 Å². The number of esters is 3. The molecule has 0 bridgehead atoms. The van der Waals surface area contributed by atoms with E-state index in [0.717, 1.165) is 57.7 Å². The monoisotopic (exact) mass is 713 g/mol. The summed E-state index contributed by atoms with van der Waals surface area (Å²) in [6.45, 7) is 25.1. The molecule has 0 aromatic heterocycles. The van der Waals surface area contributed by atoms with Gasteiger partial charge in [-0.25, -0.2) is 0 Å². The summed E-state index contributed by atoms with van der Waals surface area (Å²) in [5, 5.41) is 0. The number of nitrogens with zero attached hydrogens (tertiary/aromatic N) is 1. The van der Waals surface area contributed by atoms with Crippen LogP contribution in [0.5, 0.6) is 0 Å². The lowest BCUT2D eigenvalue weighted by Gasteiger charge is -2.47. The van der Waals surface area contributed by atoms with Gasteiger partial charge in [0.15, 0.2) is 5.81 Å². The number of likely N-dealkylation sites (tertiary alicyclic amines) is 1. The topological polar surface area (TPSA) is 99.2 Å². The molecule has 9 heteroatoms. The summed E-state index contributed by atoms with van der Waals surface area (Å²) >= 11 is 0. The Labute approximate surface area is 311 Å². The fourth-order valence-corrected chi connectivity index (χ4v) is 5.13. The second-order valence-electron chi connectivity index (χ2n) is 12.3. The molecule has 3 atom stereocenters. The lowest BCUT2D eigenvalue weighted by Crippen LogP contribution is -2.60. The molecule has 8 nitrogen and oxygen atoms in total. The summed E-state index contributed by atoms with van der Waals surface area (Å²) in [7, 11) is 1.69. The number of rotatable bonds is 25. The molecular weight excluding hydrogens is 629 g/mol. The van der Waals surface area contributed by atoms with E-state index in [9.17, 15) is 19.2 Å². The van der Waals surface area contributed by atoms with E-state index in [1.54, 1.807) is 12.2 Å². The van der Waals surface area contributed by atoms with Crippen LogP contribution in [0.4, 0.5) is 4.79 Å². The van der Waals surface area contributed by atoms with E-state index in [1.807, 2.05) is 55.4 Å². The number of carbonyl (C=O) groups excluding carboxylic acids is 4. The van der Waals surface area contributed by atoms with Crippen LogP contribution in [0.3, 0.4) is 0 Å². The molecule has 0 spiro atoms. The van der Waals surface area contributed by atoms with Crippen LogP contribution in [0.15, 0.2) is 0 Å². The van der Waals surface area contributed by atoms with Gasteiger partial charge < -0.3 is 19.1 Å². The van der Waals surface area contributed by atoms with Gasteiger partial charge in [-0.1, -0.05) is 160 Å². The third-order valence-electron chi connectivity index (χ3n) is 7.67. The molecule has 50 heavy (non-hydrogen) atoms. The van der Waals surface area contributed by atoms with Crippen molar-refractivity contribution in [3.05, 3.63) is 0 Å². The lowest BCUT2D eigenvalue weighted by atomic mass is 9.70. The first-order chi connectivity index (χ1) is 24.2.